The van der Waals surface area contributed by atoms with E-state index in [-0.39, 0.29) is 12.1 Å². The third-order valence-corrected chi connectivity index (χ3v) is 5.51. The third kappa shape index (κ3) is 3.46. The third-order valence-electron chi connectivity index (χ3n) is 5.51. The zero-order valence-corrected chi connectivity index (χ0v) is 17.6. The highest BCUT2D eigenvalue weighted by Crippen LogP contribution is 2.36. The summed E-state index contributed by atoms with van der Waals surface area (Å²) in [7, 11) is 0. The lowest BCUT2D eigenvalue weighted by atomic mass is 9.99. The second-order valence-corrected chi connectivity index (χ2v) is 8.27. The number of amides is 1. The number of halogens is 3. The zero-order valence-electron chi connectivity index (χ0n) is 17.6. The number of alkyl halides is 2. The van der Waals surface area contributed by atoms with Gasteiger partial charge in [0, 0.05) is 24.9 Å². The molecule has 5 heterocycles. The Labute approximate surface area is 184 Å². The van der Waals surface area contributed by atoms with Gasteiger partial charge in [-0.25, -0.2) is 27.7 Å². The van der Waals surface area contributed by atoms with Crippen LogP contribution in [0.3, 0.4) is 0 Å². The van der Waals surface area contributed by atoms with Crippen molar-refractivity contribution in [3.05, 3.63) is 71.0 Å². The molecule has 12 heteroatoms. The van der Waals surface area contributed by atoms with Crippen LogP contribution in [-0.4, -0.2) is 47.0 Å². The number of nitrogens with zero attached hydrogens (tertiary/aromatic N) is 5. The molecule has 1 aliphatic rings. The van der Waals surface area contributed by atoms with Gasteiger partial charge in [0.05, 0.1) is 17.7 Å². The number of aromatic nitrogens is 5. The molecule has 5 rings (SSSR count). The van der Waals surface area contributed by atoms with Crippen LogP contribution in [0.4, 0.5) is 13.2 Å². The van der Waals surface area contributed by atoms with Crippen molar-refractivity contribution in [1.29, 1.82) is 0 Å². The summed E-state index contributed by atoms with van der Waals surface area (Å²) in [5.41, 5.74) is -0.797. The summed E-state index contributed by atoms with van der Waals surface area (Å²) in [5.74, 6) is -2.42. The highest BCUT2D eigenvalue weighted by atomic mass is 19.3. The highest BCUT2D eigenvalue weighted by Gasteiger charge is 2.40. The molecule has 0 bridgehead atoms. The van der Waals surface area contributed by atoms with E-state index in [2.05, 4.69) is 20.1 Å². The van der Waals surface area contributed by atoms with E-state index in [0.717, 1.165) is 5.69 Å². The number of carbonyl (C=O) groups excluding carboxylic acids is 1. The van der Waals surface area contributed by atoms with E-state index < -0.39 is 47.1 Å². The van der Waals surface area contributed by atoms with E-state index in [1.165, 1.54) is 47.8 Å². The molecule has 0 saturated heterocycles. The number of aromatic amines is 1. The first kappa shape index (κ1) is 21.2. The normalized spacial score (nSPS) is 16.6. The van der Waals surface area contributed by atoms with Crippen molar-refractivity contribution in [2.75, 3.05) is 6.54 Å². The van der Waals surface area contributed by atoms with Gasteiger partial charge in [-0.2, -0.15) is 5.10 Å². The summed E-state index contributed by atoms with van der Waals surface area (Å²) < 4.78 is 48.4. The predicted molar refractivity (Wildman–Crippen MR) is 107 cm³/mol. The lowest BCUT2D eigenvalue weighted by Crippen LogP contribution is -2.41. The van der Waals surface area contributed by atoms with Gasteiger partial charge in [-0.05, 0) is 32.0 Å². The molecule has 0 radical (unpaired) electrons. The molecule has 1 amide bonds. The first-order valence-corrected chi connectivity index (χ1v) is 10.1. The van der Waals surface area contributed by atoms with Crippen LogP contribution in [0.5, 0.6) is 0 Å². The van der Waals surface area contributed by atoms with Gasteiger partial charge in [-0.1, -0.05) is 0 Å². The van der Waals surface area contributed by atoms with Gasteiger partial charge < -0.3 is 19.4 Å². The van der Waals surface area contributed by atoms with Crippen molar-refractivity contribution < 1.29 is 27.5 Å². The molecule has 1 atom stereocenters. The molecule has 2 N–H and O–H groups in total. The van der Waals surface area contributed by atoms with Gasteiger partial charge in [-0.15, -0.1) is 0 Å². The highest BCUT2D eigenvalue weighted by molar-refractivity contribution is 5.93. The van der Waals surface area contributed by atoms with Crippen molar-refractivity contribution in [2.24, 2.45) is 0 Å². The first-order chi connectivity index (χ1) is 15.6. The molecule has 33 heavy (non-hydrogen) atoms. The minimum Gasteiger partial charge on any atom is -0.432 e. The Kier molecular flexibility index (Phi) is 4.78. The van der Waals surface area contributed by atoms with Crippen molar-refractivity contribution in [1.82, 2.24) is 29.5 Å². The molecule has 9 nitrogen and oxygen atoms in total. The maximum Gasteiger partial charge on any atom is 0.292 e. The summed E-state index contributed by atoms with van der Waals surface area (Å²) in [6.07, 6.45) is 0.310. The van der Waals surface area contributed by atoms with Crippen LogP contribution in [0.1, 0.15) is 65.5 Å². The molecule has 0 aliphatic carbocycles. The van der Waals surface area contributed by atoms with Gasteiger partial charge in [0.2, 0.25) is 11.7 Å². The van der Waals surface area contributed by atoms with Crippen LogP contribution >= 0.6 is 0 Å². The number of hydrogen-bond donors (Lipinski definition) is 2. The number of imidazole rings is 1. The first-order valence-electron chi connectivity index (χ1n) is 10.1. The molecule has 0 aromatic carbocycles. The van der Waals surface area contributed by atoms with Crippen LogP contribution in [0.15, 0.2) is 35.1 Å². The van der Waals surface area contributed by atoms with Crippen molar-refractivity contribution >= 4 is 11.4 Å². The Morgan fingerprint density at radius 3 is 2.88 bits per heavy atom. The Hall–Kier alpha value is -3.67. The van der Waals surface area contributed by atoms with Crippen LogP contribution in [0.25, 0.3) is 5.52 Å². The minimum atomic E-state index is -3.10. The fourth-order valence-corrected chi connectivity index (χ4v) is 3.95. The largest absolute Gasteiger partial charge is 0.432 e. The maximum atomic E-state index is 14.3. The van der Waals surface area contributed by atoms with Gasteiger partial charge >= 0.3 is 0 Å². The fourth-order valence-electron chi connectivity index (χ4n) is 3.95. The standard InChI is InChI=1S/C21H19F3N6O3/c1-21(2,32)20-27-15(18(23)24)17(33-20)19(31)29-7-5-11-14(26-9-25-11)16(29)12-8-13-10(22)4-3-6-30(13)28-12/h3-4,6,8-9,16,18,32H,5,7H2,1-2H3,(H,25,26)/t16-/m0/s1. The van der Waals surface area contributed by atoms with Crippen LogP contribution in [0.2, 0.25) is 0 Å². The van der Waals surface area contributed by atoms with E-state index in [0.29, 0.717) is 17.8 Å². The zero-order chi connectivity index (χ0) is 23.5. The van der Waals surface area contributed by atoms with E-state index in [4.69, 9.17) is 4.42 Å². The average Bonchev–Trinajstić information content (AvgIpc) is 3.49. The molecule has 0 saturated carbocycles. The number of fused-ring (bicyclic) bond motifs is 2. The maximum absolute atomic E-state index is 14.3. The molecular weight excluding hydrogens is 441 g/mol. The molecule has 4 aromatic rings. The molecule has 0 unspecified atom stereocenters. The quantitative estimate of drug-likeness (QED) is 0.484. The van der Waals surface area contributed by atoms with Crippen molar-refractivity contribution in [2.45, 2.75) is 38.3 Å². The van der Waals surface area contributed by atoms with Crippen molar-refractivity contribution in [3.8, 4) is 0 Å². The number of H-pyrrole nitrogens is 1. The second-order valence-electron chi connectivity index (χ2n) is 8.27. The van der Waals surface area contributed by atoms with Crippen LogP contribution in [0, 0.1) is 5.82 Å². The van der Waals surface area contributed by atoms with Gasteiger partial charge in [0.1, 0.15) is 23.0 Å². The topological polar surface area (TPSA) is 113 Å². The average molecular weight is 460 g/mol. The van der Waals surface area contributed by atoms with Gasteiger partial charge in [-0.3, -0.25) is 4.79 Å². The summed E-state index contributed by atoms with van der Waals surface area (Å²) >= 11 is 0. The Bertz CT molecular complexity index is 1350. The summed E-state index contributed by atoms with van der Waals surface area (Å²) in [4.78, 5) is 25.8. The van der Waals surface area contributed by atoms with E-state index in [1.54, 1.807) is 6.20 Å². The monoisotopic (exact) mass is 460 g/mol. The van der Waals surface area contributed by atoms with E-state index >= 15 is 0 Å². The molecule has 0 spiro atoms. The smallest absolute Gasteiger partial charge is 0.292 e. The molecule has 0 fully saturated rings. The number of aliphatic hydroxyl groups is 1. The molecule has 4 aromatic heterocycles. The van der Waals surface area contributed by atoms with Gasteiger partial charge in [0.25, 0.3) is 12.3 Å². The number of carbonyl (C=O) groups is 1. The number of nitrogens with one attached hydrogen (secondary N) is 1. The van der Waals surface area contributed by atoms with Crippen LogP contribution < -0.4 is 0 Å². The second kappa shape index (κ2) is 7.44. The Balaban J connectivity index is 1.63. The molecule has 1 aliphatic heterocycles. The number of rotatable bonds is 4. The van der Waals surface area contributed by atoms with Crippen LogP contribution in [-0.2, 0) is 12.0 Å². The summed E-state index contributed by atoms with van der Waals surface area (Å²) in [6.45, 7) is 2.76. The lowest BCUT2D eigenvalue weighted by Gasteiger charge is -2.33. The number of pyridine rings is 1. The SMILES string of the molecule is CC(C)(O)c1nc(C(F)F)c(C(=O)N2CCc3[nH]cnc3[C@@H]2c2cc3c(F)cccn3n2)o1. The Morgan fingerprint density at radius 2 is 2.18 bits per heavy atom. The van der Waals surface area contributed by atoms with E-state index in [1.807, 2.05) is 0 Å². The van der Waals surface area contributed by atoms with Gasteiger partial charge in [0.15, 0.2) is 5.69 Å². The molecule has 172 valence electrons. The molecular formula is C21H19F3N6O3. The number of hydrogen-bond acceptors (Lipinski definition) is 6. The minimum absolute atomic E-state index is 0.135. The predicted octanol–water partition coefficient (Wildman–Crippen LogP) is 3.14. The summed E-state index contributed by atoms with van der Waals surface area (Å²) in [6, 6.07) is 3.38. The van der Waals surface area contributed by atoms with Crippen molar-refractivity contribution in [3.63, 3.8) is 0 Å². The Morgan fingerprint density at radius 1 is 1.39 bits per heavy atom. The summed E-state index contributed by atoms with van der Waals surface area (Å²) in [5, 5.41) is 14.5. The fraction of sp³-hybridized carbons (Fsp3) is 0.333. The van der Waals surface area contributed by atoms with E-state index in [9.17, 15) is 23.1 Å². The number of oxazole rings is 1. The lowest BCUT2D eigenvalue weighted by molar-refractivity contribution is 0.0440.